The number of hydrogen-bond acceptors (Lipinski definition) is 8. The first kappa shape index (κ1) is 20.4. The van der Waals surface area contributed by atoms with E-state index in [0.29, 0.717) is 22.8 Å². The zero-order chi connectivity index (χ0) is 22.3. The summed E-state index contributed by atoms with van der Waals surface area (Å²) in [5, 5.41) is 13.1. The van der Waals surface area contributed by atoms with Crippen LogP contribution in [0.15, 0.2) is 69.9 Å². The molecule has 0 atom stereocenters. The first-order valence-corrected chi connectivity index (χ1v) is 12.3. The number of ether oxygens (including phenoxy) is 1. The van der Waals surface area contributed by atoms with Gasteiger partial charge >= 0.3 is 0 Å². The van der Waals surface area contributed by atoms with Crippen LogP contribution >= 0.6 is 11.3 Å². The number of nitrogens with zero attached hydrogens (tertiary/aromatic N) is 4. The van der Waals surface area contributed by atoms with Gasteiger partial charge in [-0.25, -0.2) is 13.4 Å². The molecule has 0 saturated heterocycles. The Balaban J connectivity index is 1.68. The summed E-state index contributed by atoms with van der Waals surface area (Å²) in [6.45, 7) is 2.02. The average Bonchev–Trinajstić information content (AvgIpc) is 3.47. The Morgan fingerprint density at radius 2 is 1.88 bits per heavy atom. The van der Waals surface area contributed by atoms with E-state index in [0.717, 1.165) is 16.7 Å². The lowest BCUT2D eigenvalue weighted by atomic mass is 10.2. The SMILES string of the molecule is CCc1ccc(S(=O)(=O)c2nnn3c2nc(Nc2ccccc2OC)c2sccc23)cc1. The molecule has 0 radical (unpaired) electrons. The second kappa shape index (κ2) is 7.88. The minimum atomic E-state index is -3.91. The van der Waals surface area contributed by atoms with Crippen LogP contribution in [0, 0.1) is 0 Å². The van der Waals surface area contributed by atoms with E-state index >= 15 is 0 Å². The predicted octanol–water partition coefficient (Wildman–Crippen LogP) is 4.49. The number of thiophene rings is 1. The molecule has 1 N–H and O–H groups in total. The fraction of sp³-hybridized carbons (Fsp3) is 0.136. The summed E-state index contributed by atoms with van der Waals surface area (Å²) in [5.41, 5.74) is 2.65. The molecule has 0 aliphatic carbocycles. The van der Waals surface area contributed by atoms with Gasteiger partial charge < -0.3 is 10.1 Å². The molecule has 3 aromatic heterocycles. The lowest BCUT2D eigenvalue weighted by Crippen LogP contribution is -2.05. The number of aryl methyl sites for hydroxylation is 1. The quantitative estimate of drug-likeness (QED) is 0.395. The molecule has 0 aliphatic heterocycles. The van der Waals surface area contributed by atoms with Crippen molar-refractivity contribution in [2.24, 2.45) is 0 Å². The van der Waals surface area contributed by atoms with E-state index < -0.39 is 9.84 Å². The number of sulfone groups is 1. The first-order valence-electron chi connectivity index (χ1n) is 9.89. The second-order valence-corrected chi connectivity index (χ2v) is 9.83. The maximum absolute atomic E-state index is 13.4. The Hall–Kier alpha value is -3.50. The largest absolute Gasteiger partial charge is 0.495 e. The molecule has 0 unspecified atom stereocenters. The van der Waals surface area contributed by atoms with Crippen LogP contribution in [0.1, 0.15) is 12.5 Å². The highest BCUT2D eigenvalue weighted by molar-refractivity contribution is 7.91. The lowest BCUT2D eigenvalue weighted by Gasteiger charge is -2.11. The van der Waals surface area contributed by atoms with Gasteiger partial charge in [0.2, 0.25) is 14.9 Å². The van der Waals surface area contributed by atoms with Crippen LogP contribution in [0.3, 0.4) is 0 Å². The summed E-state index contributed by atoms with van der Waals surface area (Å²) in [6.07, 6.45) is 0.824. The number of anilines is 2. The van der Waals surface area contributed by atoms with Crippen molar-refractivity contribution in [3.8, 4) is 5.75 Å². The molecule has 10 heteroatoms. The number of aromatic nitrogens is 4. The molecule has 8 nitrogen and oxygen atoms in total. The molecule has 0 spiro atoms. The van der Waals surface area contributed by atoms with Crippen molar-refractivity contribution in [1.82, 2.24) is 19.8 Å². The number of fused-ring (bicyclic) bond motifs is 3. The van der Waals surface area contributed by atoms with Crippen molar-refractivity contribution in [2.45, 2.75) is 23.3 Å². The number of hydrogen-bond donors (Lipinski definition) is 1. The van der Waals surface area contributed by atoms with Gasteiger partial charge in [-0.3, -0.25) is 0 Å². The van der Waals surface area contributed by atoms with Crippen molar-refractivity contribution in [1.29, 1.82) is 0 Å². The van der Waals surface area contributed by atoms with Gasteiger partial charge in [-0.2, -0.15) is 4.52 Å². The minimum absolute atomic E-state index is 0.156. The summed E-state index contributed by atoms with van der Waals surface area (Å²) < 4.78 is 34.4. The summed E-state index contributed by atoms with van der Waals surface area (Å²) >= 11 is 1.47. The molecule has 0 bridgehead atoms. The van der Waals surface area contributed by atoms with Gasteiger partial charge in [-0.1, -0.05) is 36.4 Å². The van der Waals surface area contributed by atoms with E-state index in [1.165, 1.54) is 15.9 Å². The standard InChI is InChI=1S/C22H19N5O3S2/c1-3-14-8-10-15(11-9-14)32(28,29)22-21-24-20(23-16-6-4-5-7-18(16)30-2)19-17(12-13-31-19)27(21)26-25-22/h4-13H,3H2,1-2H3,(H,23,24). The monoisotopic (exact) mass is 465 g/mol. The number of methoxy groups -OCH3 is 1. The highest BCUT2D eigenvalue weighted by Crippen LogP contribution is 2.34. The van der Waals surface area contributed by atoms with Crippen LogP contribution in [-0.2, 0) is 16.3 Å². The number of benzene rings is 2. The summed E-state index contributed by atoms with van der Waals surface area (Å²) in [6, 6.07) is 16.1. The molecule has 0 saturated carbocycles. The summed E-state index contributed by atoms with van der Waals surface area (Å²) in [4.78, 5) is 4.79. The third-order valence-electron chi connectivity index (χ3n) is 5.18. The van der Waals surface area contributed by atoms with E-state index in [1.807, 2.05) is 42.6 Å². The van der Waals surface area contributed by atoms with E-state index in [1.54, 1.807) is 31.4 Å². The van der Waals surface area contributed by atoms with Gasteiger partial charge in [0, 0.05) is 0 Å². The fourth-order valence-corrected chi connectivity index (χ4v) is 5.52. The third kappa shape index (κ3) is 3.28. The van der Waals surface area contributed by atoms with Crippen LogP contribution in [-0.4, -0.2) is 35.3 Å². The Bertz CT molecular complexity index is 1540. The number of nitrogens with one attached hydrogen (secondary N) is 1. The topological polar surface area (TPSA) is 98.5 Å². The maximum atomic E-state index is 13.4. The Kier molecular flexibility index (Phi) is 5.03. The zero-order valence-electron chi connectivity index (χ0n) is 17.3. The highest BCUT2D eigenvalue weighted by atomic mass is 32.2. The van der Waals surface area contributed by atoms with Crippen molar-refractivity contribution in [3.05, 3.63) is 65.5 Å². The summed E-state index contributed by atoms with van der Waals surface area (Å²) in [5.74, 6) is 1.15. The molecule has 0 fully saturated rings. The van der Waals surface area contributed by atoms with Crippen LogP contribution in [0.4, 0.5) is 11.5 Å². The Morgan fingerprint density at radius 1 is 1.09 bits per heavy atom. The van der Waals surface area contributed by atoms with Gasteiger partial charge in [0.15, 0.2) is 11.5 Å². The lowest BCUT2D eigenvalue weighted by molar-refractivity contribution is 0.417. The van der Waals surface area contributed by atoms with E-state index in [2.05, 4.69) is 20.6 Å². The van der Waals surface area contributed by atoms with Crippen molar-refractivity contribution >= 4 is 48.5 Å². The minimum Gasteiger partial charge on any atom is -0.495 e. The smallest absolute Gasteiger partial charge is 0.229 e. The molecule has 2 aromatic carbocycles. The van der Waals surface area contributed by atoms with Gasteiger partial charge in [-0.15, -0.1) is 16.4 Å². The highest BCUT2D eigenvalue weighted by Gasteiger charge is 2.27. The van der Waals surface area contributed by atoms with Crippen LogP contribution < -0.4 is 10.1 Å². The molecule has 3 heterocycles. The molecular formula is C22H19N5O3S2. The molecule has 0 aliphatic rings. The molecule has 32 heavy (non-hydrogen) atoms. The average molecular weight is 466 g/mol. The number of rotatable bonds is 6. The van der Waals surface area contributed by atoms with Gasteiger partial charge in [-0.05, 0) is 47.7 Å². The van der Waals surface area contributed by atoms with Gasteiger partial charge in [0.05, 0.1) is 27.9 Å². The van der Waals surface area contributed by atoms with Crippen LogP contribution in [0.25, 0.3) is 15.9 Å². The molecule has 5 aromatic rings. The third-order valence-corrected chi connectivity index (χ3v) is 7.76. The Labute approximate surface area is 188 Å². The molecular weight excluding hydrogens is 446 g/mol. The predicted molar refractivity (Wildman–Crippen MR) is 124 cm³/mol. The van der Waals surface area contributed by atoms with E-state index in [9.17, 15) is 8.42 Å². The fourth-order valence-electron chi connectivity index (χ4n) is 3.47. The second-order valence-electron chi connectivity index (χ2n) is 7.05. The first-order chi connectivity index (χ1) is 15.5. The zero-order valence-corrected chi connectivity index (χ0v) is 18.9. The van der Waals surface area contributed by atoms with Gasteiger partial charge in [0.1, 0.15) is 5.75 Å². The Morgan fingerprint density at radius 3 is 2.62 bits per heavy atom. The van der Waals surface area contributed by atoms with Crippen LogP contribution in [0.2, 0.25) is 0 Å². The van der Waals surface area contributed by atoms with Gasteiger partial charge in [0.25, 0.3) is 0 Å². The van der Waals surface area contributed by atoms with Crippen LogP contribution in [0.5, 0.6) is 5.75 Å². The van der Waals surface area contributed by atoms with E-state index in [-0.39, 0.29) is 15.6 Å². The normalized spacial score (nSPS) is 11.8. The molecule has 162 valence electrons. The molecule has 0 amide bonds. The number of para-hydroxylation sites is 2. The summed E-state index contributed by atoms with van der Waals surface area (Å²) in [7, 11) is -2.32. The maximum Gasteiger partial charge on any atom is 0.229 e. The van der Waals surface area contributed by atoms with Crippen molar-refractivity contribution in [2.75, 3.05) is 12.4 Å². The van der Waals surface area contributed by atoms with Crippen molar-refractivity contribution in [3.63, 3.8) is 0 Å². The van der Waals surface area contributed by atoms with E-state index in [4.69, 9.17) is 4.74 Å². The van der Waals surface area contributed by atoms with Crippen molar-refractivity contribution < 1.29 is 13.2 Å². The molecule has 5 rings (SSSR count).